The molecule has 0 bridgehead atoms. The minimum Gasteiger partial charge on any atom is -0.369 e. The summed E-state index contributed by atoms with van der Waals surface area (Å²) in [6.45, 7) is 0. The van der Waals surface area contributed by atoms with E-state index in [-0.39, 0.29) is 34.0 Å². The smallest absolute Gasteiger partial charge is 0.286 e. The van der Waals surface area contributed by atoms with E-state index in [1.54, 1.807) is 24.3 Å². The maximum absolute atomic E-state index is 12.7. The summed E-state index contributed by atoms with van der Waals surface area (Å²) in [5.74, 6) is 4.95. The fourth-order valence-corrected chi connectivity index (χ4v) is 4.70. The Morgan fingerprint density at radius 2 is 1.73 bits per heavy atom. The second-order valence-electron chi connectivity index (χ2n) is 7.12. The van der Waals surface area contributed by atoms with Gasteiger partial charge in [-0.3, -0.25) is 14.9 Å². The van der Waals surface area contributed by atoms with E-state index in [1.807, 2.05) is 6.07 Å². The first-order chi connectivity index (χ1) is 14.3. The number of nitrogens with zero attached hydrogens (tertiary/aromatic N) is 1. The quantitative estimate of drug-likeness (QED) is 0.429. The molecule has 0 unspecified atom stereocenters. The second kappa shape index (κ2) is 9.07. The van der Waals surface area contributed by atoms with Crippen LogP contribution in [-0.4, -0.2) is 25.3 Å². The molecule has 2 aromatic rings. The highest BCUT2D eigenvalue weighted by Crippen LogP contribution is 2.27. The molecule has 1 saturated carbocycles. The summed E-state index contributed by atoms with van der Waals surface area (Å²) < 4.78 is 28.0. The molecule has 30 heavy (non-hydrogen) atoms. The number of hydrogen-bond acceptors (Lipinski definition) is 5. The first kappa shape index (κ1) is 21.5. The van der Waals surface area contributed by atoms with Gasteiger partial charge >= 0.3 is 0 Å². The number of primary amides is 1. The topological polar surface area (TPSA) is 132 Å². The van der Waals surface area contributed by atoms with Crippen molar-refractivity contribution in [1.82, 2.24) is 4.72 Å². The highest BCUT2D eigenvalue weighted by molar-refractivity contribution is 7.89. The standard InChI is InChI=1S/C21H21N3O5S/c22-21(25)17-8-11-18(12-9-17)23-30(28,29)19-13-10-16(20(14-19)24(26)27)7-6-15-4-2-1-3-5-15/h1-5,10,13-14,17-18,23H,8-9,11-12H2,(H2,22,25)/t17-,18-. The molecule has 0 heterocycles. The highest BCUT2D eigenvalue weighted by atomic mass is 32.2. The monoisotopic (exact) mass is 427 g/mol. The van der Waals surface area contributed by atoms with Crippen molar-refractivity contribution < 1.29 is 18.1 Å². The summed E-state index contributed by atoms with van der Waals surface area (Å²) in [5, 5.41) is 11.5. The van der Waals surface area contributed by atoms with Crippen molar-refractivity contribution in [2.24, 2.45) is 11.7 Å². The van der Waals surface area contributed by atoms with Gasteiger partial charge in [0.2, 0.25) is 15.9 Å². The normalized spacial score (nSPS) is 18.8. The van der Waals surface area contributed by atoms with Crippen molar-refractivity contribution in [3.8, 4) is 11.8 Å². The third kappa shape index (κ3) is 5.23. The first-order valence-corrected chi connectivity index (χ1v) is 10.9. The third-order valence-corrected chi connectivity index (χ3v) is 6.56. The molecule has 0 aliphatic heterocycles. The Hall–Kier alpha value is -3.22. The van der Waals surface area contributed by atoms with E-state index in [0.29, 0.717) is 31.2 Å². The Morgan fingerprint density at radius 3 is 2.33 bits per heavy atom. The molecule has 8 nitrogen and oxygen atoms in total. The van der Waals surface area contributed by atoms with E-state index in [0.717, 1.165) is 6.07 Å². The van der Waals surface area contributed by atoms with Crippen LogP contribution in [0.4, 0.5) is 5.69 Å². The first-order valence-electron chi connectivity index (χ1n) is 9.43. The van der Waals surface area contributed by atoms with Crippen molar-refractivity contribution in [1.29, 1.82) is 0 Å². The fourth-order valence-electron chi connectivity index (χ4n) is 3.38. The Bertz CT molecular complexity index is 1110. The minimum absolute atomic E-state index is 0.129. The maximum Gasteiger partial charge on any atom is 0.286 e. The van der Waals surface area contributed by atoms with Crippen LogP contribution in [0, 0.1) is 27.9 Å². The van der Waals surface area contributed by atoms with E-state index < -0.39 is 14.9 Å². The van der Waals surface area contributed by atoms with Crippen molar-refractivity contribution in [2.45, 2.75) is 36.6 Å². The number of carbonyl (C=O) groups is 1. The van der Waals surface area contributed by atoms with Crippen LogP contribution in [0.5, 0.6) is 0 Å². The molecule has 3 N–H and O–H groups in total. The van der Waals surface area contributed by atoms with E-state index in [4.69, 9.17) is 5.73 Å². The summed E-state index contributed by atoms with van der Waals surface area (Å²) in [6, 6.07) is 12.3. The Morgan fingerprint density at radius 1 is 1.07 bits per heavy atom. The van der Waals surface area contributed by atoms with Crippen LogP contribution in [0.1, 0.15) is 36.8 Å². The molecule has 0 radical (unpaired) electrons. The van der Waals surface area contributed by atoms with Gasteiger partial charge in [0.25, 0.3) is 5.69 Å². The zero-order valence-electron chi connectivity index (χ0n) is 16.1. The number of nitro benzene ring substituents is 1. The SMILES string of the molecule is NC(=O)[C@H]1CC[C@H](NS(=O)(=O)c2ccc(C#Cc3ccccc3)c([N+](=O)[O-])c2)CC1. The maximum atomic E-state index is 12.7. The fraction of sp³-hybridized carbons (Fsp3) is 0.286. The summed E-state index contributed by atoms with van der Waals surface area (Å²) >= 11 is 0. The van der Waals surface area contributed by atoms with Gasteiger partial charge in [0.1, 0.15) is 5.56 Å². The minimum atomic E-state index is -3.96. The lowest BCUT2D eigenvalue weighted by Crippen LogP contribution is -2.39. The van der Waals surface area contributed by atoms with Gasteiger partial charge in [-0.1, -0.05) is 30.0 Å². The molecule has 0 saturated heterocycles. The van der Waals surface area contributed by atoms with Crippen LogP contribution in [0.3, 0.4) is 0 Å². The molecule has 1 aliphatic rings. The van der Waals surface area contributed by atoms with Crippen LogP contribution in [0.25, 0.3) is 0 Å². The van der Waals surface area contributed by atoms with Gasteiger partial charge in [-0.15, -0.1) is 0 Å². The van der Waals surface area contributed by atoms with E-state index in [9.17, 15) is 23.3 Å². The third-order valence-electron chi connectivity index (χ3n) is 5.04. The average molecular weight is 427 g/mol. The van der Waals surface area contributed by atoms with Crippen LogP contribution < -0.4 is 10.5 Å². The molecule has 1 fully saturated rings. The molecule has 1 aliphatic carbocycles. The second-order valence-corrected chi connectivity index (χ2v) is 8.84. The lowest BCUT2D eigenvalue weighted by atomic mass is 9.86. The molecular formula is C21H21N3O5S. The Labute approximate surface area is 174 Å². The summed E-state index contributed by atoms with van der Waals surface area (Å²) in [4.78, 5) is 21.9. The van der Waals surface area contributed by atoms with E-state index in [2.05, 4.69) is 16.6 Å². The largest absolute Gasteiger partial charge is 0.369 e. The summed E-state index contributed by atoms with van der Waals surface area (Å²) in [5.41, 5.74) is 5.74. The molecule has 0 atom stereocenters. The Balaban J connectivity index is 1.81. The predicted octanol–water partition coefficient (Wildman–Crippen LogP) is 2.32. The van der Waals surface area contributed by atoms with Gasteiger partial charge < -0.3 is 5.73 Å². The number of benzene rings is 2. The van der Waals surface area contributed by atoms with E-state index in [1.165, 1.54) is 12.1 Å². The van der Waals surface area contributed by atoms with Crippen molar-refractivity contribution in [3.05, 3.63) is 69.8 Å². The summed E-state index contributed by atoms with van der Waals surface area (Å²) in [6.07, 6.45) is 1.98. The van der Waals surface area contributed by atoms with Crippen LogP contribution >= 0.6 is 0 Å². The molecular weight excluding hydrogens is 406 g/mol. The number of carbonyl (C=O) groups excluding carboxylic acids is 1. The van der Waals surface area contributed by atoms with Crippen LogP contribution in [0.2, 0.25) is 0 Å². The predicted molar refractivity (Wildman–Crippen MR) is 111 cm³/mol. The number of rotatable bonds is 5. The number of sulfonamides is 1. The van der Waals surface area contributed by atoms with E-state index >= 15 is 0 Å². The molecule has 156 valence electrons. The molecule has 9 heteroatoms. The number of nitrogens with two attached hydrogens (primary N) is 1. The molecule has 1 amide bonds. The highest BCUT2D eigenvalue weighted by Gasteiger charge is 2.29. The zero-order chi connectivity index (χ0) is 21.7. The lowest BCUT2D eigenvalue weighted by molar-refractivity contribution is -0.385. The van der Waals surface area contributed by atoms with Crippen molar-refractivity contribution >= 4 is 21.6 Å². The van der Waals surface area contributed by atoms with Gasteiger partial charge in [0.15, 0.2) is 0 Å². The lowest BCUT2D eigenvalue weighted by Gasteiger charge is -2.27. The number of amides is 1. The van der Waals surface area contributed by atoms with Crippen molar-refractivity contribution in [2.75, 3.05) is 0 Å². The molecule has 0 spiro atoms. The molecule has 0 aromatic heterocycles. The van der Waals surface area contributed by atoms with Gasteiger partial charge in [0.05, 0.1) is 9.82 Å². The van der Waals surface area contributed by atoms with Gasteiger partial charge in [-0.25, -0.2) is 13.1 Å². The van der Waals surface area contributed by atoms with Gasteiger partial charge in [-0.05, 0) is 49.9 Å². The summed E-state index contributed by atoms with van der Waals surface area (Å²) in [7, 11) is -3.96. The number of nitro groups is 1. The molecule has 3 rings (SSSR count). The zero-order valence-corrected chi connectivity index (χ0v) is 16.9. The van der Waals surface area contributed by atoms with Crippen LogP contribution in [-0.2, 0) is 14.8 Å². The number of hydrogen-bond donors (Lipinski definition) is 2. The average Bonchev–Trinajstić information content (AvgIpc) is 2.73. The van der Waals surface area contributed by atoms with Crippen molar-refractivity contribution in [3.63, 3.8) is 0 Å². The van der Waals surface area contributed by atoms with Crippen LogP contribution in [0.15, 0.2) is 53.4 Å². The number of nitrogens with one attached hydrogen (secondary N) is 1. The molecule has 2 aromatic carbocycles. The van der Waals surface area contributed by atoms with Gasteiger partial charge in [-0.2, -0.15) is 0 Å². The van der Waals surface area contributed by atoms with Gasteiger partial charge in [0, 0.05) is 23.6 Å². The Kier molecular flexibility index (Phi) is 6.50.